The molecule has 0 aliphatic heterocycles. The first kappa shape index (κ1) is 14.3. The lowest BCUT2D eigenvalue weighted by Crippen LogP contribution is -2.22. The summed E-state index contributed by atoms with van der Waals surface area (Å²) in [5.41, 5.74) is 1.31. The van der Waals surface area contributed by atoms with Crippen molar-refractivity contribution >= 4 is 43.2 Å². The normalized spacial score (nSPS) is 12.6. The fraction of sp³-hybridized carbons (Fsp3) is 0.286. The van der Waals surface area contributed by atoms with E-state index in [0.717, 1.165) is 17.4 Å². The first-order valence-corrected chi connectivity index (χ1v) is 8.35. The predicted octanol–water partition coefficient (Wildman–Crippen LogP) is 5.36. The van der Waals surface area contributed by atoms with Gasteiger partial charge in [-0.3, -0.25) is 0 Å². The van der Waals surface area contributed by atoms with E-state index in [1.165, 1.54) is 14.2 Å². The summed E-state index contributed by atoms with van der Waals surface area (Å²) in [6.45, 7) is 3.21. The van der Waals surface area contributed by atoms with Crippen LogP contribution < -0.4 is 5.32 Å². The van der Waals surface area contributed by atoms with Crippen LogP contribution in [-0.2, 0) is 0 Å². The van der Waals surface area contributed by atoms with Gasteiger partial charge >= 0.3 is 0 Å². The van der Waals surface area contributed by atoms with E-state index in [9.17, 15) is 0 Å². The Morgan fingerprint density at radius 3 is 2.39 bits per heavy atom. The van der Waals surface area contributed by atoms with Crippen molar-refractivity contribution in [2.75, 3.05) is 6.54 Å². The van der Waals surface area contributed by atoms with Crippen molar-refractivity contribution in [3.05, 3.63) is 55.1 Å². The van der Waals surface area contributed by atoms with Crippen LogP contribution >= 0.6 is 43.2 Å². The monoisotopic (exact) mass is 387 g/mol. The molecule has 1 atom stereocenters. The van der Waals surface area contributed by atoms with Crippen molar-refractivity contribution < 1.29 is 0 Å². The van der Waals surface area contributed by atoms with Crippen molar-refractivity contribution in [2.24, 2.45) is 0 Å². The molecule has 1 heterocycles. The molecule has 1 N–H and O–H groups in total. The molecule has 1 nitrogen and oxygen atoms in total. The molecule has 0 radical (unpaired) electrons. The molecular formula is C14H15Br2NS. The second-order valence-electron chi connectivity index (χ2n) is 4.08. The van der Waals surface area contributed by atoms with Crippen LogP contribution in [0.1, 0.15) is 29.8 Å². The van der Waals surface area contributed by atoms with Crippen LogP contribution in [0.2, 0.25) is 0 Å². The summed E-state index contributed by atoms with van der Waals surface area (Å²) >= 11 is 8.81. The zero-order valence-electron chi connectivity index (χ0n) is 10.1. The molecular weight excluding hydrogens is 374 g/mol. The van der Waals surface area contributed by atoms with Gasteiger partial charge in [-0.05, 0) is 58.7 Å². The molecule has 1 aromatic heterocycles. The van der Waals surface area contributed by atoms with Crippen LogP contribution in [0, 0.1) is 0 Å². The summed E-state index contributed by atoms with van der Waals surface area (Å²) < 4.78 is 2.30. The molecule has 0 bridgehead atoms. The minimum absolute atomic E-state index is 0.286. The topological polar surface area (TPSA) is 12.0 Å². The highest BCUT2D eigenvalue weighted by molar-refractivity contribution is 9.11. The molecule has 0 aliphatic rings. The minimum atomic E-state index is 0.286. The van der Waals surface area contributed by atoms with Crippen LogP contribution in [-0.4, -0.2) is 6.54 Å². The van der Waals surface area contributed by atoms with Crippen LogP contribution in [0.3, 0.4) is 0 Å². The number of hydrogen-bond acceptors (Lipinski definition) is 2. The van der Waals surface area contributed by atoms with Crippen LogP contribution in [0.25, 0.3) is 0 Å². The van der Waals surface area contributed by atoms with E-state index in [1.54, 1.807) is 11.3 Å². The summed E-state index contributed by atoms with van der Waals surface area (Å²) in [6.07, 6.45) is 1.14. The molecule has 0 saturated carbocycles. The Kier molecular flexibility index (Phi) is 5.42. The van der Waals surface area contributed by atoms with E-state index < -0.39 is 0 Å². The number of hydrogen-bond donors (Lipinski definition) is 1. The van der Waals surface area contributed by atoms with Gasteiger partial charge in [-0.15, -0.1) is 11.3 Å². The Bertz CT molecular complexity index is 493. The Hall–Kier alpha value is -0.160. The predicted molar refractivity (Wildman–Crippen MR) is 86.3 cm³/mol. The molecule has 0 amide bonds. The average Bonchev–Trinajstić information content (AvgIpc) is 2.78. The van der Waals surface area contributed by atoms with Gasteiger partial charge in [0.25, 0.3) is 0 Å². The molecule has 18 heavy (non-hydrogen) atoms. The van der Waals surface area contributed by atoms with E-state index in [2.05, 4.69) is 80.5 Å². The largest absolute Gasteiger partial charge is 0.306 e. The summed E-state index contributed by atoms with van der Waals surface area (Å²) in [7, 11) is 0. The van der Waals surface area contributed by atoms with E-state index in [-0.39, 0.29) is 6.04 Å². The fourth-order valence-corrected chi connectivity index (χ4v) is 3.60. The molecule has 0 fully saturated rings. The van der Waals surface area contributed by atoms with Gasteiger partial charge < -0.3 is 5.32 Å². The SMILES string of the molecule is CCCNC(c1ccc(Br)cc1)c1ccc(Br)s1. The Balaban J connectivity index is 2.27. The Labute approximate surface area is 129 Å². The molecule has 0 saturated heterocycles. The minimum Gasteiger partial charge on any atom is -0.306 e. The fourth-order valence-electron chi connectivity index (χ4n) is 1.81. The average molecular weight is 389 g/mol. The molecule has 4 heteroatoms. The lowest BCUT2D eigenvalue weighted by molar-refractivity contribution is 0.606. The lowest BCUT2D eigenvalue weighted by Gasteiger charge is -2.17. The maximum Gasteiger partial charge on any atom is 0.0702 e. The summed E-state index contributed by atoms with van der Waals surface area (Å²) in [5, 5.41) is 3.61. The van der Waals surface area contributed by atoms with Crippen molar-refractivity contribution in [2.45, 2.75) is 19.4 Å². The zero-order chi connectivity index (χ0) is 13.0. The molecule has 1 aromatic carbocycles. The first-order valence-electron chi connectivity index (χ1n) is 5.94. The van der Waals surface area contributed by atoms with Crippen molar-refractivity contribution in [1.82, 2.24) is 5.32 Å². The number of nitrogens with one attached hydrogen (secondary N) is 1. The lowest BCUT2D eigenvalue weighted by atomic mass is 10.1. The molecule has 0 aliphatic carbocycles. The smallest absolute Gasteiger partial charge is 0.0702 e. The van der Waals surface area contributed by atoms with Crippen LogP contribution in [0.5, 0.6) is 0 Å². The number of thiophene rings is 1. The van der Waals surface area contributed by atoms with Gasteiger partial charge in [-0.1, -0.05) is 35.0 Å². The van der Waals surface area contributed by atoms with Gasteiger partial charge in [-0.2, -0.15) is 0 Å². The number of halogens is 2. The molecule has 1 unspecified atom stereocenters. The third kappa shape index (κ3) is 3.67. The van der Waals surface area contributed by atoms with E-state index >= 15 is 0 Å². The van der Waals surface area contributed by atoms with E-state index in [0.29, 0.717) is 0 Å². The molecule has 0 spiro atoms. The van der Waals surface area contributed by atoms with Gasteiger partial charge in [0.1, 0.15) is 0 Å². The van der Waals surface area contributed by atoms with Crippen molar-refractivity contribution in [3.8, 4) is 0 Å². The highest BCUT2D eigenvalue weighted by Gasteiger charge is 2.15. The van der Waals surface area contributed by atoms with Gasteiger partial charge in [0.2, 0.25) is 0 Å². The van der Waals surface area contributed by atoms with Crippen molar-refractivity contribution in [1.29, 1.82) is 0 Å². The summed E-state index contributed by atoms with van der Waals surface area (Å²) in [4.78, 5) is 1.35. The Morgan fingerprint density at radius 1 is 1.11 bits per heavy atom. The second-order valence-corrected chi connectivity index (χ2v) is 7.49. The molecule has 96 valence electrons. The summed E-state index contributed by atoms with van der Waals surface area (Å²) in [5.74, 6) is 0. The maximum absolute atomic E-state index is 3.61. The summed E-state index contributed by atoms with van der Waals surface area (Å²) in [6, 6.07) is 13.1. The molecule has 2 aromatic rings. The first-order chi connectivity index (χ1) is 8.70. The van der Waals surface area contributed by atoms with Gasteiger partial charge in [0.05, 0.1) is 9.83 Å². The Morgan fingerprint density at radius 2 is 1.83 bits per heavy atom. The van der Waals surface area contributed by atoms with Crippen LogP contribution in [0.4, 0.5) is 0 Å². The number of rotatable bonds is 5. The van der Waals surface area contributed by atoms with E-state index in [1.807, 2.05) is 0 Å². The van der Waals surface area contributed by atoms with Crippen molar-refractivity contribution in [3.63, 3.8) is 0 Å². The van der Waals surface area contributed by atoms with Gasteiger partial charge in [-0.25, -0.2) is 0 Å². The zero-order valence-corrected chi connectivity index (χ0v) is 14.1. The van der Waals surface area contributed by atoms with E-state index in [4.69, 9.17) is 0 Å². The van der Waals surface area contributed by atoms with Gasteiger partial charge in [0, 0.05) is 9.35 Å². The van der Waals surface area contributed by atoms with Gasteiger partial charge in [0.15, 0.2) is 0 Å². The van der Waals surface area contributed by atoms with Crippen LogP contribution in [0.15, 0.2) is 44.7 Å². The standard InChI is InChI=1S/C14H15Br2NS/c1-2-9-17-14(12-7-8-13(16)18-12)10-3-5-11(15)6-4-10/h3-8,14,17H,2,9H2,1H3. The second kappa shape index (κ2) is 6.85. The number of benzene rings is 1. The highest BCUT2D eigenvalue weighted by atomic mass is 79.9. The highest BCUT2D eigenvalue weighted by Crippen LogP contribution is 2.31. The third-order valence-electron chi connectivity index (χ3n) is 2.68. The molecule has 2 rings (SSSR count). The third-order valence-corrected chi connectivity index (χ3v) is 4.90. The maximum atomic E-state index is 3.61. The quantitative estimate of drug-likeness (QED) is 0.726.